The average molecular weight is 397 g/mol. The monoisotopic (exact) mass is 396 g/mol. The van der Waals surface area contributed by atoms with Gasteiger partial charge in [0.05, 0.1) is 17.1 Å². The summed E-state index contributed by atoms with van der Waals surface area (Å²) >= 11 is 1.31. The average Bonchev–Trinajstić information content (AvgIpc) is 2.96. The second-order valence-electron chi connectivity index (χ2n) is 6.30. The van der Waals surface area contributed by atoms with Crippen molar-refractivity contribution in [1.29, 1.82) is 0 Å². The fourth-order valence-corrected chi connectivity index (χ4v) is 4.28. The number of hydrogen-bond donors (Lipinski definition) is 1. The highest BCUT2D eigenvalue weighted by Crippen LogP contribution is 2.18. The zero-order valence-electron chi connectivity index (χ0n) is 15.4. The molecule has 1 N–H and O–H groups in total. The molecule has 2 rings (SSSR count). The van der Waals surface area contributed by atoms with Gasteiger partial charge in [-0.05, 0) is 40.1 Å². The SMILES string of the molecule is Cc1ccc(S(=O)(=O)N(CCN(C)C)CC(=O)Nc2nc(C)cs2)cc1. The molecule has 0 aliphatic heterocycles. The van der Waals surface area contributed by atoms with Crippen molar-refractivity contribution in [2.45, 2.75) is 18.7 Å². The molecule has 0 aliphatic rings. The first-order valence-corrected chi connectivity index (χ1v) is 10.4. The summed E-state index contributed by atoms with van der Waals surface area (Å²) in [6, 6.07) is 6.62. The van der Waals surface area contributed by atoms with Gasteiger partial charge in [0.15, 0.2) is 5.13 Å². The lowest BCUT2D eigenvalue weighted by Crippen LogP contribution is -2.41. The second-order valence-corrected chi connectivity index (χ2v) is 9.09. The Labute approximate surface area is 158 Å². The van der Waals surface area contributed by atoms with Crippen LogP contribution in [-0.4, -0.2) is 62.2 Å². The van der Waals surface area contributed by atoms with E-state index in [1.165, 1.54) is 15.6 Å². The van der Waals surface area contributed by atoms with Gasteiger partial charge in [-0.15, -0.1) is 11.3 Å². The molecule has 9 heteroatoms. The van der Waals surface area contributed by atoms with Crippen molar-refractivity contribution >= 4 is 32.4 Å². The van der Waals surface area contributed by atoms with Gasteiger partial charge in [0.2, 0.25) is 15.9 Å². The molecule has 0 saturated heterocycles. The lowest BCUT2D eigenvalue weighted by molar-refractivity contribution is -0.116. The summed E-state index contributed by atoms with van der Waals surface area (Å²) in [6.45, 7) is 4.19. The third-order valence-corrected chi connectivity index (χ3v) is 6.38. The summed E-state index contributed by atoms with van der Waals surface area (Å²) in [7, 11) is -0.0543. The first kappa shape index (κ1) is 20.5. The minimum atomic E-state index is -3.77. The van der Waals surface area contributed by atoms with E-state index in [0.29, 0.717) is 11.7 Å². The Hall–Kier alpha value is -1.81. The maximum atomic E-state index is 13.0. The van der Waals surface area contributed by atoms with Crippen LogP contribution in [0.5, 0.6) is 0 Å². The molecule has 0 saturated carbocycles. The first-order chi connectivity index (χ1) is 12.2. The van der Waals surface area contributed by atoms with E-state index < -0.39 is 15.9 Å². The molecule has 1 aromatic carbocycles. The smallest absolute Gasteiger partial charge is 0.243 e. The highest BCUT2D eigenvalue weighted by atomic mass is 32.2. The molecule has 26 heavy (non-hydrogen) atoms. The number of hydrogen-bond acceptors (Lipinski definition) is 6. The van der Waals surface area contributed by atoms with Gasteiger partial charge < -0.3 is 10.2 Å². The van der Waals surface area contributed by atoms with Crippen molar-refractivity contribution < 1.29 is 13.2 Å². The summed E-state index contributed by atoms with van der Waals surface area (Å²) < 4.78 is 27.1. The van der Waals surface area contributed by atoms with Gasteiger partial charge in [-0.1, -0.05) is 17.7 Å². The Morgan fingerprint density at radius 1 is 1.15 bits per heavy atom. The highest BCUT2D eigenvalue weighted by molar-refractivity contribution is 7.89. The number of aromatic nitrogens is 1. The molecule has 0 aliphatic carbocycles. The molecule has 0 spiro atoms. The van der Waals surface area contributed by atoms with Gasteiger partial charge >= 0.3 is 0 Å². The van der Waals surface area contributed by atoms with Crippen LogP contribution >= 0.6 is 11.3 Å². The number of amides is 1. The fraction of sp³-hybridized carbons (Fsp3) is 0.412. The number of carbonyl (C=O) groups excluding carboxylic acids is 1. The Morgan fingerprint density at radius 2 is 1.81 bits per heavy atom. The summed E-state index contributed by atoms with van der Waals surface area (Å²) in [5, 5.41) is 4.95. The molecule has 1 aromatic heterocycles. The quantitative estimate of drug-likeness (QED) is 0.737. The van der Waals surface area contributed by atoms with Gasteiger partial charge in [0.1, 0.15) is 0 Å². The normalized spacial score (nSPS) is 11.9. The molecular weight excluding hydrogens is 372 g/mol. The van der Waals surface area contributed by atoms with Gasteiger partial charge in [0.25, 0.3) is 0 Å². The number of likely N-dealkylation sites (N-methyl/N-ethyl adjacent to an activating group) is 1. The number of carbonyl (C=O) groups is 1. The zero-order chi connectivity index (χ0) is 19.3. The van der Waals surface area contributed by atoms with Crippen LogP contribution in [0.1, 0.15) is 11.3 Å². The van der Waals surface area contributed by atoms with Gasteiger partial charge in [-0.3, -0.25) is 4.79 Å². The number of nitrogens with zero attached hydrogens (tertiary/aromatic N) is 3. The molecule has 7 nitrogen and oxygen atoms in total. The van der Waals surface area contributed by atoms with Crippen LogP contribution in [0.2, 0.25) is 0 Å². The van der Waals surface area contributed by atoms with Crippen LogP contribution in [0, 0.1) is 13.8 Å². The minimum absolute atomic E-state index is 0.180. The molecule has 1 amide bonds. The second kappa shape index (κ2) is 8.72. The predicted octanol–water partition coefficient (Wildman–Crippen LogP) is 1.95. The van der Waals surface area contributed by atoms with Gasteiger partial charge in [-0.25, -0.2) is 13.4 Å². The van der Waals surface area contributed by atoms with Crippen molar-refractivity contribution in [3.63, 3.8) is 0 Å². The van der Waals surface area contributed by atoms with Gasteiger partial charge in [-0.2, -0.15) is 4.31 Å². The predicted molar refractivity (Wildman–Crippen MR) is 104 cm³/mol. The highest BCUT2D eigenvalue weighted by Gasteiger charge is 2.26. The van der Waals surface area contributed by atoms with Crippen molar-refractivity contribution in [2.75, 3.05) is 39.0 Å². The largest absolute Gasteiger partial charge is 0.308 e. The summed E-state index contributed by atoms with van der Waals surface area (Å²) in [5.74, 6) is -0.409. The van der Waals surface area contributed by atoms with Crippen LogP contribution in [0.4, 0.5) is 5.13 Å². The van der Waals surface area contributed by atoms with Crippen LogP contribution in [-0.2, 0) is 14.8 Å². The Bertz CT molecular complexity index is 845. The van der Waals surface area contributed by atoms with E-state index in [4.69, 9.17) is 0 Å². The molecule has 142 valence electrons. The maximum Gasteiger partial charge on any atom is 0.243 e. The van der Waals surface area contributed by atoms with Crippen molar-refractivity contribution in [3.05, 3.63) is 40.9 Å². The third kappa shape index (κ3) is 5.60. The summed E-state index contributed by atoms with van der Waals surface area (Å²) in [6.07, 6.45) is 0. The zero-order valence-corrected chi connectivity index (χ0v) is 17.0. The number of rotatable bonds is 8. The maximum absolute atomic E-state index is 13.0. The number of thiazole rings is 1. The number of nitrogens with one attached hydrogen (secondary N) is 1. The van der Waals surface area contributed by atoms with Crippen molar-refractivity contribution in [2.24, 2.45) is 0 Å². The van der Waals surface area contributed by atoms with E-state index in [1.54, 1.807) is 24.3 Å². The van der Waals surface area contributed by atoms with Crippen molar-refractivity contribution in [1.82, 2.24) is 14.2 Å². The molecular formula is C17H24N4O3S2. The molecule has 2 aromatic rings. The number of sulfonamides is 1. The third-order valence-electron chi connectivity index (χ3n) is 3.64. The Kier molecular flexibility index (Phi) is 6.87. The molecule has 0 unspecified atom stereocenters. The lowest BCUT2D eigenvalue weighted by atomic mass is 10.2. The van der Waals surface area contributed by atoms with Crippen LogP contribution in [0.15, 0.2) is 34.5 Å². The lowest BCUT2D eigenvalue weighted by Gasteiger charge is -2.23. The van der Waals surface area contributed by atoms with E-state index in [2.05, 4.69) is 10.3 Å². The summed E-state index contributed by atoms with van der Waals surface area (Å²) in [5.41, 5.74) is 1.78. The molecule has 1 heterocycles. The first-order valence-electron chi connectivity index (χ1n) is 8.12. The van der Waals surface area contributed by atoms with E-state index in [-0.39, 0.29) is 18.0 Å². The van der Waals surface area contributed by atoms with Crippen molar-refractivity contribution in [3.8, 4) is 0 Å². The van der Waals surface area contributed by atoms with Crippen LogP contribution in [0.25, 0.3) is 0 Å². The minimum Gasteiger partial charge on any atom is -0.308 e. The Balaban J connectivity index is 2.18. The molecule has 0 fully saturated rings. The fourth-order valence-electron chi connectivity index (χ4n) is 2.19. The van der Waals surface area contributed by atoms with Crippen LogP contribution in [0.3, 0.4) is 0 Å². The number of anilines is 1. The van der Waals surface area contributed by atoms with E-state index in [0.717, 1.165) is 11.3 Å². The van der Waals surface area contributed by atoms with E-state index in [1.807, 2.05) is 38.2 Å². The standard InChI is InChI=1S/C17H24N4O3S2/c1-13-5-7-15(8-6-13)26(23,24)21(10-9-20(3)4)11-16(22)19-17-18-14(2)12-25-17/h5-8,12H,9-11H2,1-4H3,(H,18,19,22). The van der Waals surface area contributed by atoms with Crippen LogP contribution < -0.4 is 5.32 Å². The molecule has 0 bridgehead atoms. The number of benzene rings is 1. The molecule has 0 radical (unpaired) electrons. The van der Waals surface area contributed by atoms with E-state index in [9.17, 15) is 13.2 Å². The Morgan fingerprint density at radius 3 is 2.35 bits per heavy atom. The summed E-state index contributed by atoms with van der Waals surface area (Å²) in [4.78, 5) is 18.6. The number of aryl methyl sites for hydroxylation is 2. The van der Waals surface area contributed by atoms with Gasteiger partial charge in [0, 0.05) is 18.5 Å². The topological polar surface area (TPSA) is 82.6 Å². The van der Waals surface area contributed by atoms with E-state index >= 15 is 0 Å². The molecule has 0 atom stereocenters.